The fourth-order valence-electron chi connectivity index (χ4n) is 2.61. The molecule has 1 aromatic carbocycles. The summed E-state index contributed by atoms with van der Waals surface area (Å²) in [5.74, 6) is -0.481. The van der Waals surface area contributed by atoms with Crippen LogP contribution in [0, 0.1) is 11.7 Å². The summed E-state index contributed by atoms with van der Waals surface area (Å²) < 4.78 is 17.8. The number of halogens is 1. The molecule has 0 unspecified atom stereocenters. The largest absolute Gasteiger partial charge is 0.469 e. The van der Waals surface area contributed by atoms with Gasteiger partial charge in [-0.2, -0.15) is 0 Å². The topological polar surface area (TPSA) is 29.5 Å². The van der Waals surface area contributed by atoms with Gasteiger partial charge in [-0.1, -0.05) is 12.1 Å². The number of hydrogen-bond donors (Lipinski definition) is 0. The monoisotopic (exact) mass is 251 g/mol. The molecule has 1 aromatic rings. The van der Waals surface area contributed by atoms with E-state index in [-0.39, 0.29) is 23.6 Å². The van der Waals surface area contributed by atoms with Gasteiger partial charge in [0.05, 0.1) is 13.0 Å². The quantitative estimate of drug-likeness (QED) is 0.753. The van der Waals surface area contributed by atoms with E-state index in [4.69, 9.17) is 4.74 Å². The van der Waals surface area contributed by atoms with E-state index in [1.807, 2.05) is 7.05 Å². The highest BCUT2D eigenvalue weighted by Gasteiger charge is 2.34. The summed E-state index contributed by atoms with van der Waals surface area (Å²) in [6.07, 6.45) is 0.891. The Hall–Kier alpha value is -1.42. The Balaban J connectivity index is 2.23. The van der Waals surface area contributed by atoms with Crippen molar-refractivity contribution in [2.75, 3.05) is 27.2 Å². The third kappa shape index (κ3) is 2.70. The van der Waals surface area contributed by atoms with Gasteiger partial charge >= 0.3 is 5.97 Å². The molecule has 0 spiro atoms. The number of esters is 1. The number of methoxy groups -OCH3 is 1. The van der Waals surface area contributed by atoms with Gasteiger partial charge in [-0.15, -0.1) is 0 Å². The molecule has 0 bridgehead atoms. The van der Waals surface area contributed by atoms with Gasteiger partial charge in [-0.25, -0.2) is 4.39 Å². The van der Waals surface area contributed by atoms with Crippen molar-refractivity contribution < 1.29 is 13.9 Å². The molecular formula is C14H18FNO2. The third-order valence-electron chi connectivity index (χ3n) is 3.62. The van der Waals surface area contributed by atoms with Crippen LogP contribution in [0.4, 0.5) is 4.39 Å². The van der Waals surface area contributed by atoms with Gasteiger partial charge in [0, 0.05) is 6.54 Å². The van der Waals surface area contributed by atoms with Crippen molar-refractivity contribution in [2.45, 2.75) is 12.3 Å². The molecule has 0 saturated carbocycles. The summed E-state index contributed by atoms with van der Waals surface area (Å²) in [7, 11) is 3.41. The first-order valence-corrected chi connectivity index (χ1v) is 6.13. The Labute approximate surface area is 107 Å². The van der Waals surface area contributed by atoms with Gasteiger partial charge in [0.25, 0.3) is 0 Å². The lowest BCUT2D eigenvalue weighted by atomic mass is 9.80. The summed E-state index contributed by atoms with van der Waals surface area (Å²) in [5, 5.41) is 0. The van der Waals surface area contributed by atoms with Crippen LogP contribution in [0.3, 0.4) is 0 Å². The van der Waals surface area contributed by atoms with Crippen LogP contribution in [0.1, 0.15) is 17.9 Å². The zero-order valence-electron chi connectivity index (χ0n) is 10.7. The van der Waals surface area contributed by atoms with Crippen molar-refractivity contribution in [3.05, 3.63) is 35.6 Å². The highest BCUT2D eigenvalue weighted by atomic mass is 19.1. The Morgan fingerprint density at radius 3 is 2.67 bits per heavy atom. The Morgan fingerprint density at radius 1 is 1.39 bits per heavy atom. The smallest absolute Gasteiger partial charge is 0.310 e. The van der Waals surface area contributed by atoms with Gasteiger partial charge in [0.15, 0.2) is 0 Å². The summed E-state index contributed by atoms with van der Waals surface area (Å²) >= 11 is 0. The van der Waals surface area contributed by atoms with Crippen LogP contribution < -0.4 is 0 Å². The van der Waals surface area contributed by atoms with E-state index in [2.05, 4.69) is 4.90 Å². The molecule has 4 heteroatoms. The summed E-state index contributed by atoms with van der Waals surface area (Å²) in [6.45, 7) is 1.63. The zero-order chi connectivity index (χ0) is 13.1. The van der Waals surface area contributed by atoms with Crippen LogP contribution >= 0.6 is 0 Å². The molecule has 1 aliphatic heterocycles. The summed E-state index contributed by atoms with van der Waals surface area (Å²) in [6, 6.07) is 6.42. The average molecular weight is 251 g/mol. The second-order valence-electron chi connectivity index (χ2n) is 4.84. The van der Waals surface area contributed by atoms with Crippen molar-refractivity contribution in [3.8, 4) is 0 Å². The first kappa shape index (κ1) is 13.0. The fraction of sp³-hybridized carbons (Fsp3) is 0.500. The molecule has 0 N–H and O–H groups in total. The lowest BCUT2D eigenvalue weighted by Crippen LogP contribution is -2.41. The molecule has 0 radical (unpaired) electrons. The lowest BCUT2D eigenvalue weighted by Gasteiger charge is -2.35. The number of carbonyl (C=O) groups excluding carboxylic acids is 1. The van der Waals surface area contributed by atoms with E-state index in [0.717, 1.165) is 18.5 Å². The maximum atomic E-state index is 12.9. The van der Waals surface area contributed by atoms with Crippen LogP contribution in [0.25, 0.3) is 0 Å². The number of piperidine rings is 1. The molecule has 2 rings (SSSR count). The number of carbonyl (C=O) groups is 1. The third-order valence-corrected chi connectivity index (χ3v) is 3.62. The van der Waals surface area contributed by atoms with E-state index >= 15 is 0 Å². The van der Waals surface area contributed by atoms with Crippen LogP contribution in [-0.2, 0) is 9.53 Å². The van der Waals surface area contributed by atoms with Crippen molar-refractivity contribution in [1.29, 1.82) is 0 Å². The maximum Gasteiger partial charge on any atom is 0.310 e. The SMILES string of the molecule is COC(=O)[C@@H]1CN(C)CC[C@@H]1c1ccc(F)cc1. The van der Waals surface area contributed by atoms with Gasteiger partial charge < -0.3 is 9.64 Å². The summed E-state index contributed by atoms with van der Waals surface area (Å²) in [5.41, 5.74) is 1.01. The number of rotatable bonds is 2. The van der Waals surface area contributed by atoms with Crippen molar-refractivity contribution >= 4 is 5.97 Å². The second kappa shape index (κ2) is 5.48. The molecule has 1 fully saturated rings. The number of benzene rings is 1. The normalized spacial score (nSPS) is 24.8. The lowest BCUT2D eigenvalue weighted by molar-refractivity contribution is -0.148. The zero-order valence-corrected chi connectivity index (χ0v) is 10.7. The van der Waals surface area contributed by atoms with E-state index in [1.165, 1.54) is 19.2 Å². The van der Waals surface area contributed by atoms with Gasteiger partial charge in [0.2, 0.25) is 0 Å². The van der Waals surface area contributed by atoms with Crippen LogP contribution in [-0.4, -0.2) is 38.1 Å². The standard InChI is InChI=1S/C14H18FNO2/c1-16-8-7-12(13(9-16)14(17)18-2)10-3-5-11(15)6-4-10/h3-6,12-13H,7-9H2,1-2H3/t12-,13-/m1/s1. The first-order valence-electron chi connectivity index (χ1n) is 6.13. The van der Waals surface area contributed by atoms with Crippen molar-refractivity contribution in [1.82, 2.24) is 4.90 Å². The molecule has 2 atom stereocenters. The molecule has 1 saturated heterocycles. The number of ether oxygens (including phenoxy) is 1. The Morgan fingerprint density at radius 2 is 2.06 bits per heavy atom. The Bertz CT molecular complexity index is 418. The second-order valence-corrected chi connectivity index (χ2v) is 4.84. The molecule has 1 heterocycles. The highest BCUT2D eigenvalue weighted by Crippen LogP contribution is 2.33. The maximum absolute atomic E-state index is 12.9. The number of likely N-dealkylation sites (tertiary alicyclic amines) is 1. The molecule has 3 nitrogen and oxygen atoms in total. The molecule has 0 aliphatic carbocycles. The Kier molecular flexibility index (Phi) is 3.97. The minimum absolute atomic E-state index is 0.120. The predicted octanol–water partition coefficient (Wildman–Crippen LogP) is 2.03. The minimum atomic E-state index is -0.249. The van der Waals surface area contributed by atoms with E-state index in [0.29, 0.717) is 6.54 Å². The van der Waals surface area contributed by atoms with Gasteiger partial charge in [0.1, 0.15) is 5.82 Å². The highest BCUT2D eigenvalue weighted by molar-refractivity contribution is 5.74. The fourth-order valence-corrected chi connectivity index (χ4v) is 2.61. The van der Waals surface area contributed by atoms with Crippen LogP contribution in [0.2, 0.25) is 0 Å². The van der Waals surface area contributed by atoms with Crippen molar-refractivity contribution in [2.24, 2.45) is 5.92 Å². The molecule has 18 heavy (non-hydrogen) atoms. The van der Waals surface area contributed by atoms with Gasteiger partial charge in [-0.3, -0.25) is 4.79 Å². The van der Waals surface area contributed by atoms with Crippen molar-refractivity contribution in [3.63, 3.8) is 0 Å². The van der Waals surface area contributed by atoms with Crippen LogP contribution in [0.5, 0.6) is 0 Å². The molecule has 1 aliphatic rings. The molecular weight excluding hydrogens is 233 g/mol. The minimum Gasteiger partial charge on any atom is -0.469 e. The predicted molar refractivity (Wildman–Crippen MR) is 66.8 cm³/mol. The van der Waals surface area contributed by atoms with Crippen LogP contribution in [0.15, 0.2) is 24.3 Å². The van der Waals surface area contributed by atoms with E-state index in [9.17, 15) is 9.18 Å². The van der Waals surface area contributed by atoms with E-state index < -0.39 is 0 Å². The average Bonchev–Trinajstić information content (AvgIpc) is 2.39. The number of hydrogen-bond acceptors (Lipinski definition) is 3. The number of nitrogens with zero attached hydrogens (tertiary/aromatic N) is 1. The van der Waals surface area contributed by atoms with E-state index in [1.54, 1.807) is 12.1 Å². The summed E-state index contributed by atoms with van der Waals surface area (Å²) in [4.78, 5) is 14.0. The molecule has 98 valence electrons. The molecule has 0 amide bonds. The van der Waals surface area contributed by atoms with Gasteiger partial charge in [-0.05, 0) is 43.6 Å². The first-order chi connectivity index (χ1) is 8.61. The molecule has 0 aromatic heterocycles.